The maximum absolute atomic E-state index is 12.5. The molecular formula is C14H16F3NO. The van der Waals surface area contributed by atoms with Gasteiger partial charge >= 0.3 is 6.18 Å². The smallest absolute Gasteiger partial charge is 0.299 e. The molecule has 0 spiro atoms. The summed E-state index contributed by atoms with van der Waals surface area (Å²) in [6.45, 7) is 0. The first kappa shape index (κ1) is 14.0. The molecule has 0 atom stereocenters. The van der Waals surface area contributed by atoms with Gasteiger partial charge in [-0.05, 0) is 43.4 Å². The molecule has 0 radical (unpaired) electrons. The Morgan fingerprint density at radius 2 is 1.74 bits per heavy atom. The molecule has 0 N–H and O–H groups in total. The van der Waals surface area contributed by atoms with E-state index in [2.05, 4.69) is 4.98 Å². The molecular weight excluding hydrogens is 255 g/mol. The van der Waals surface area contributed by atoms with Crippen molar-refractivity contribution in [1.82, 2.24) is 4.98 Å². The van der Waals surface area contributed by atoms with Crippen LogP contribution < -0.4 is 0 Å². The fraction of sp³-hybridized carbons (Fsp3) is 0.571. The number of nitrogens with zero attached hydrogens (tertiary/aromatic N) is 1. The predicted octanol–water partition coefficient (Wildman–Crippen LogP) is 3.56. The number of alkyl halides is 3. The second kappa shape index (κ2) is 5.72. The highest BCUT2D eigenvalue weighted by Crippen LogP contribution is 2.39. The zero-order chi connectivity index (χ0) is 13.9. The number of carbonyl (C=O) groups is 1. The Hall–Kier alpha value is -1.39. The van der Waals surface area contributed by atoms with Gasteiger partial charge in [0.05, 0.1) is 5.92 Å². The summed E-state index contributed by atoms with van der Waals surface area (Å²) in [5.74, 6) is -1.39. The molecule has 5 heteroatoms. The molecule has 19 heavy (non-hydrogen) atoms. The Labute approximate surface area is 110 Å². The van der Waals surface area contributed by atoms with Crippen LogP contribution in [0.2, 0.25) is 0 Å². The molecule has 104 valence electrons. The normalized spacial score (nSPS) is 24.2. The number of hydrogen-bond donors (Lipinski definition) is 0. The van der Waals surface area contributed by atoms with Crippen LogP contribution in [0.25, 0.3) is 0 Å². The van der Waals surface area contributed by atoms with Crippen molar-refractivity contribution in [2.45, 2.75) is 38.3 Å². The molecule has 0 aliphatic heterocycles. The van der Waals surface area contributed by atoms with Gasteiger partial charge in [-0.3, -0.25) is 9.78 Å². The van der Waals surface area contributed by atoms with Gasteiger partial charge in [-0.15, -0.1) is 0 Å². The third kappa shape index (κ3) is 3.78. The molecule has 0 amide bonds. The standard InChI is InChI=1S/C14H16F3NO/c15-14(16,17)12-3-1-11(2-4-12)13(19)9-10-5-7-18-8-6-10/h5-8,11-12H,1-4,9H2. The van der Waals surface area contributed by atoms with E-state index < -0.39 is 12.1 Å². The molecule has 2 nitrogen and oxygen atoms in total. The predicted molar refractivity (Wildman–Crippen MR) is 64.5 cm³/mol. The quantitative estimate of drug-likeness (QED) is 0.841. The zero-order valence-corrected chi connectivity index (χ0v) is 10.5. The van der Waals surface area contributed by atoms with Gasteiger partial charge in [0, 0.05) is 24.7 Å². The largest absolute Gasteiger partial charge is 0.391 e. The molecule has 1 aliphatic rings. The summed E-state index contributed by atoms with van der Waals surface area (Å²) in [6.07, 6.45) is 0.282. The van der Waals surface area contributed by atoms with E-state index in [1.165, 1.54) is 0 Å². The first-order chi connectivity index (χ1) is 8.97. The number of aromatic nitrogens is 1. The van der Waals surface area contributed by atoms with Crippen LogP contribution in [-0.2, 0) is 11.2 Å². The molecule has 0 aromatic carbocycles. The number of ketones is 1. The summed E-state index contributed by atoms with van der Waals surface area (Å²) < 4.78 is 37.6. The number of Topliss-reactive ketones (excluding diaryl/α,β-unsaturated/α-hetero) is 1. The topological polar surface area (TPSA) is 30.0 Å². The highest BCUT2D eigenvalue weighted by Gasteiger charge is 2.42. The van der Waals surface area contributed by atoms with Crippen molar-refractivity contribution in [3.05, 3.63) is 30.1 Å². The Morgan fingerprint density at radius 3 is 2.26 bits per heavy atom. The molecule has 1 aromatic heterocycles. The fourth-order valence-electron chi connectivity index (χ4n) is 2.59. The van der Waals surface area contributed by atoms with Crippen molar-refractivity contribution in [2.24, 2.45) is 11.8 Å². The van der Waals surface area contributed by atoms with Gasteiger partial charge in [0.15, 0.2) is 0 Å². The van der Waals surface area contributed by atoms with Crippen molar-refractivity contribution in [1.29, 1.82) is 0 Å². The van der Waals surface area contributed by atoms with E-state index in [4.69, 9.17) is 0 Å². The molecule has 0 bridgehead atoms. The lowest BCUT2D eigenvalue weighted by molar-refractivity contribution is -0.184. The van der Waals surface area contributed by atoms with Crippen LogP contribution in [0.4, 0.5) is 13.2 Å². The highest BCUT2D eigenvalue weighted by molar-refractivity contribution is 5.83. The van der Waals surface area contributed by atoms with Gasteiger partial charge < -0.3 is 0 Å². The van der Waals surface area contributed by atoms with Gasteiger partial charge in [0.2, 0.25) is 0 Å². The lowest BCUT2D eigenvalue weighted by atomic mass is 9.78. The maximum Gasteiger partial charge on any atom is 0.391 e. The highest BCUT2D eigenvalue weighted by atomic mass is 19.4. The summed E-state index contributed by atoms with van der Waals surface area (Å²) >= 11 is 0. The molecule has 0 unspecified atom stereocenters. The SMILES string of the molecule is O=C(Cc1ccncc1)C1CCC(C(F)(F)F)CC1. The summed E-state index contributed by atoms with van der Waals surface area (Å²) in [4.78, 5) is 15.9. The Morgan fingerprint density at radius 1 is 1.16 bits per heavy atom. The molecule has 1 aliphatic carbocycles. The van der Waals surface area contributed by atoms with Crippen LogP contribution in [0.1, 0.15) is 31.2 Å². The van der Waals surface area contributed by atoms with Gasteiger partial charge in [-0.1, -0.05) is 0 Å². The van der Waals surface area contributed by atoms with Crippen molar-refractivity contribution in [3.63, 3.8) is 0 Å². The number of carbonyl (C=O) groups excluding carboxylic acids is 1. The van der Waals surface area contributed by atoms with E-state index in [1.807, 2.05) is 0 Å². The van der Waals surface area contributed by atoms with Crippen LogP contribution in [0.5, 0.6) is 0 Å². The van der Waals surface area contributed by atoms with E-state index in [9.17, 15) is 18.0 Å². The van der Waals surface area contributed by atoms with Gasteiger partial charge in [-0.2, -0.15) is 13.2 Å². The van der Waals surface area contributed by atoms with Crippen LogP contribution >= 0.6 is 0 Å². The maximum atomic E-state index is 12.5. The minimum Gasteiger partial charge on any atom is -0.299 e. The van der Waals surface area contributed by atoms with Gasteiger partial charge in [0.25, 0.3) is 0 Å². The summed E-state index contributed by atoms with van der Waals surface area (Å²) in [5, 5.41) is 0. The third-order valence-corrected chi connectivity index (χ3v) is 3.77. The second-order valence-corrected chi connectivity index (χ2v) is 5.09. The van der Waals surface area contributed by atoms with E-state index >= 15 is 0 Å². The Balaban J connectivity index is 1.86. The third-order valence-electron chi connectivity index (χ3n) is 3.77. The molecule has 1 fully saturated rings. The Kier molecular flexibility index (Phi) is 4.22. The van der Waals surface area contributed by atoms with Crippen molar-refractivity contribution >= 4 is 5.78 Å². The fourth-order valence-corrected chi connectivity index (χ4v) is 2.59. The van der Waals surface area contributed by atoms with Crippen LogP contribution in [0.15, 0.2) is 24.5 Å². The van der Waals surface area contributed by atoms with E-state index in [0.29, 0.717) is 19.3 Å². The Bertz CT molecular complexity index is 422. The molecule has 0 saturated heterocycles. The number of hydrogen-bond acceptors (Lipinski definition) is 2. The molecule has 1 saturated carbocycles. The summed E-state index contributed by atoms with van der Waals surface area (Å²) in [7, 11) is 0. The lowest BCUT2D eigenvalue weighted by Crippen LogP contribution is -2.30. The number of halogens is 3. The van der Waals surface area contributed by atoms with Crippen molar-refractivity contribution in [2.75, 3.05) is 0 Å². The minimum absolute atomic E-state index is 0.0480. The number of rotatable bonds is 3. The summed E-state index contributed by atoms with van der Waals surface area (Å²) in [6, 6.07) is 3.53. The second-order valence-electron chi connectivity index (χ2n) is 5.09. The average Bonchev–Trinajstić information content (AvgIpc) is 2.39. The van der Waals surface area contributed by atoms with Gasteiger partial charge in [0.1, 0.15) is 5.78 Å². The first-order valence-corrected chi connectivity index (χ1v) is 6.45. The average molecular weight is 271 g/mol. The van der Waals surface area contributed by atoms with E-state index in [-0.39, 0.29) is 24.5 Å². The minimum atomic E-state index is -4.11. The summed E-state index contributed by atoms with van der Waals surface area (Å²) in [5.41, 5.74) is 0.873. The molecule has 2 rings (SSSR count). The number of pyridine rings is 1. The zero-order valence-electron chi connectivity index (χ0n) is 10.5. The van der Waals surface area contributed by atoms with Gasteiger partial charge in [-0.25, -0.2) is 0 Å². The molecule has 1 aromatic rings. The molecule has 1 heterocycles. The monoisotopic (exact) mass is 271 g/mol. The lowest BCUT2D eigenvalue weighted by Gasteiger charge is -2.29. The first-order valence-electron chi connectivity index (χ1n) is 6.45. The van der Waals surface area contributed by atoms with Crippen molar-refractivity contribution in [3.8, 4) is 0 Å². The van der Waals surface area contributed by atoms with Crippen LogP contribution in [0, 0.1) is 11.8 Å². The van der Waals surface area contributed by atoms with Crippen LogP contribution in [0.3, 0.4) is 0 Å². The van der Waals surface area contributed by atoms with E-state index in [0.717, 1.165) is 5.56 Å². The van der Waals surface area contributed by atoms with E-state index in [1.54, 1.807) is 24.5 Å². The van der Waals surface area contributed by atoms with Crippen molar-refractivity contribution < 1.29 is 18.0 Å². The van der Waals surface area contributed by atoms with Crippen LogP contribution in [-0.4, -0.2) is 16.9 Å².